The second-order valence-electron chi connectivity index (χ2n) is 7.74. The van der Waals surface area contributed by atoms with Crippen molar-refractivity contribution in [2.24, 2.45) is 0 Å². The molecule has 1 aliphatic heterocycles. The fourth-order valence-corrected chi connectivity index (χ4v) is 6.02. The Morgan fingerprint density at radius 2 is 1.61 bits per heavy atom. The topological polar surface area (TPSA) is 104 Å². The van der Waals surface area contributed by atoms with Gasteiger partial charge in [-0.3, -0.25) is 9.10 Å². The van der Waals surface area contributed by atoms with Crippen molar-refractivity contribution in [1.29, 1.82) is 0 Å². The first-order chi connectivity index (χ1) is 14.5. The Hall–Kier alpha value is -2.43. The molecule has 168 valence electrons. The van der Waals surface area contributed by atoms with E-state index in [0.717, 1.165) is 34.5 Å². The minimum Gasteiger partial charge on any atom is -0.325 e. The van der Waals surface area contributed by atoms with Gasteiger partial charge in [0.15, 0.2) is 0 Å². The van der Waals surface area contributed by atoms with Crippen LogP contribution in [0.1, 0.15) is 24.0 Å². The monoisotopic (exact) mass is 465 g/mol. The third kappa shape index (κ3) is 5.44. The van der Waals surface area contributed by atoms with Gasteiger partial charge in [0.2, 0.25) is 26.0 Å². The van der Waals surface area contributed by atoms with E-state index in [9.17, 15) is 21.6 Å². The van der Waals surface area contributed by atoms with Gasteiger partial charge in [-0.15, -0.1) is 0 Å². The van der Waals surface area contributed by atoms with E-state index >= 15 is 0 Å². The van der Waals surface area contributed by atoms with Crippen LogP contribution in [0.2, 0.25) is 0 Å². The highest BCUT2D eigenvalue weighted by atomic mass is 32.2. The summed E-state index contributed by atoms with van der Waals surface area (Å²) in [6.07, 6.45) is 2.76. The van der Waals surface area contributed by atoms with Gasteiger partial charge in [-0.05, 0) is 62.6 Å². The Kier molecular flexibility index (Phi) is 6.73. The largest absolute Gasteiger partial charge is 0.325 e. The predicted octanol–water partition coefficient (Wildman–Crippen LogP) is 2.49. The van der Waals surface area contributed by atoms with Gasteiger partial charge in [0.1, 0.15) is 6.54 Å². The summed E-state index contributed by atoms with van der Waals surface area (Å²) >= 11 is 0. The molecule has 0 aliphatic carbocycles. The van der Waals surface area contributed by atoms with Crippen LogP contribution in [-0.4, -0.2) is 52.9 Å². The van der Waals surface area contributed by atoms with Crippen molar-refractivity contribution in [3.8, 4) is 0 Å². The van der Waals surface area contributed by atoms with Gasteiger partial charge in [0.05, 0.1) is 16.8 Å². The second kappa shape index (κ2) is 8.97. The number of hydrogen-bond acceptors (Lipinski definition) is 5. The Labute approximate surface area is 184 Å². The molecule has 10 heteroatoms. The maximum atomic E-state index is 12.6. The van der Waals surface area contributed by atoms with Crippen molar-refractivity contribution in [2.45, 2.75) is 31.6 Å². The van der Waals surface area contributed by atoms with E-state index in [-0.39, 0.29) is 4.90 Å². The van der Waals surface area contributed by atoms with Crippen LogP contribution in [0.4, 0.5) is 11.4 Å². The molecule has 0 spiro atoms. The van der Waals surface area contributed by atoms with Crippen LogP contribution >= 0.6 is 0 Å². The van der Waals surface area contributed by atoms with Crippen LogP contribution in [0.25, 0.3) is 0 Å². The molecule has 3 rings (SSSR count). The predicted molar refractivity (Wildman–Crippen MR) is 121 cm³/mol. The Balaban J connectivity index is 1.74. The highest BCUT2D eigenvalue weighted by Gasteiger charge is 2.27. The number of carbonyl (C=O) groups excluding carboxylic acids is 1. The highest BCUT2D eigenvalue weighted by molar-refractivity contribution is 7.92. The van der Waals surface area contributed by atoms with E-state index in [4.69, 9.17) is 0 Å². The number of hydrogen-bond donors (Lipinski definition) is 1. The zero-order valence-electron chi connectivity index (χ0n) is 17.8. The lowest BCUT2D eigenvalue weighted by atomic mass is 10.1. The normalized spacial score (nSPS) is 15.1. The molecule has 1 N–H and O–H groups in total. The van der Waals surface area contributed by atoms with Gasteiger partial charge in [-0.25, -0.2) is 16.8 Å². The first-order valence-corrected chi connectivity index (χ1v) is 13.2. The second-order valence-corrected chi connectivity index (χ2v) is 11.6. The molecule has 8 nitrogen and oxygen atoms in total. The molecule has 0 unspecified atom stereocenters. The standard InChI is InChI=1S/C21H27N3O5S2/c1-16-6-11-20(17(2)14-16)24(30(3,26)27)15-21(25)22-18-7-9-19(10-8-18)31(28,29)23-12-4-5-13-23/h6-11,14H,4-5,12-13,15H2,1-3H3,(H,22,25). The van der Waals surface area contributed by atoms with E-state index in [1.54, 1.807) is 19.1 Å². The molecule has 0 atom stereocenters. The summed E-state index contributed by atoms with van der Waals surface area (Å²) in [5.74, 6) is -0.527. The maximum Gasteiger partial charge on any atom is 0.245 e. The van der Waals surface area contributed by atoms with Crippen molar-refractivity contribution in [1.82, 2.24) is 4.31 Å². The first kappa shape index (κ1) is 23.2. The number of benzene rings is 2. The molecule has 1 amide bonds. The van der Waals surface area contributed by atoms with Gasteiger partial charge in [-0.2, -0.15) is 4.31 Å². The number of rotatable bonds is 7. The molecule has 2 aromatic carbocycles. The van der Waals surface area contributed by atoms with E-state index in [0.29, 0.717) is 24.5 Å². The summed E-state index contributed by atoms with van der Waals surface area (Å²) in [6, 6.07) is 11.2. The van der Waals surface area contributed by atoms with Crippen molar-refractivity contribution in [3.63, 3.8) is 0 Å². The lowest BCUT2D eigenvalue weighted by molar-refractivity contribution is -0.114. The third-order valence-corrected chi connectivity index (χ3v) is 8.19. The molecule has 31 heavy (non-hydrogen) atoms. The molecular weight excluding hydrogens is 438 g/mol. The van der Waals surface area contributed by atoms with E-state index in [1.165, 1.54) is 28.6 Å². The number of sulfonamides is 2. The van der Waals surface area contributed by atoms with E-state index in [2.05, 4.69) is 5.32 Å². The molecule has 0 aromatic heterocycles. The summed E-state index contributed by atoms with van der Waals surface area (Å²) in [5, 5.41) is 2.64. The summed E-state index contributed by atoms with van der Waals surface area (Å²) in [4.78, 5) is 12.7. The van der Waals surface area contributed by atoms with Crippen LogP contribution < -0.4 is 9.62 Å². The molecule has 1 heterocycles. The summed E-state index contributed by atoms with van der Waals surface area (Å²) in [5.41, 5.74) is 2.56. The van der Waals surface area contributed by atoms with Crippen molar-refractivity contribution >= 4 is 37.3 Å². The molecule has 0 radical (unpaired) electrons. The number of nitrogens with zero attached hydrogens (tertiary/aromatic N) is 2. The minimum absolute atomic E-state index is 0.167. The summed E-state index contributed by atoms with van der Waals surface area (Å²) in [6.45, 7) is 4.33. The Morgan fingerprint density at radius 1 is 1.00 bits per heavy atom. The van der Waals surface area contributed by atoms with Crippen molar-refractivity contribution in [3.05, 3.63) is 53.6 Å². The fraction of sp³-hybridized carbons (Fsp3) is 0.381. The number of amides is 1. The zero-order valence-corrected chi connectivity index (χ0v) is 19.5. The lowest BCUT2D eigenvalue weighted by Crippen LogP contribution is -2.37. The molecule has 2 aromatic rings. The minimum atomic E-state index is -3.69. The van der Waals surface area contributed by atoms with Crippen LogP contribution in [0.3, 0.4) is 0 Å². The van der Waals surface area contributed by atoms with Crippen LogP contribution in [0.15, 0.2) is 47.4 Å². The Bertz CT molecular complexity index is 1170. The number of nitrogens with one attached hydrogen (secondary N) is 1. The zero-order chi connectivity index (χ0) is 22.8. The van der Waals surface area contributed by atoms with Gasteiger partial charge in [0, 0.05) is 18.8 Å². The average Bonchev–Trinajstić information content (AvgIpc) is 3.22. The third-order valence-electron chi connectivity index (χ3n) is 5.15. The molecular formula is C21H27N3O5S2. The maximum absolute atomic E-state index is 12.6. The number of aryl methyl sites for hydroxylation is 2. The van der Waals surface area contributed by atoms with Gasteiger partial charge in [-0.1, -0.05) is 17.7 Å². The van der Waals surface area contributed by atoms with Crippen LogP contribution in [0, 0.1) is 13.8 Å². The smallest absolute Gasteiger partial charge is 0.245 e. The molecule has 1 saturated heterocycles. The summed E-state index contributed by atoms with van der Waals surface area (Å²) < 4.78 is 52.3. The Morgan fingerprint density at radius 3 is 2.16 bits per heavy atom. The van der Waals surface area contributed by atoms with Crippen molar-refractivity contribution < 1.29 is 21.6 Å². The average molecular weight is 466 g/mol. The van der Waals surface area contributed by atoms with E-state index < -0.39 is 32.5 Å². The fourth-order valence-electron chi connectivity index (χ4n) is 3.59. The molecule has 0 bridgehead atoms. The van der Waals surface area contributed by atoms with Gasteiger partial charge in [0.25, 0.3) is 0 Å². The molecule has 0 saturated carbocycles. The first-order valence-electron chi connectivity index (χ1n) is 9.93. The quantitative estimate of drug-likeness (QED) is 0.677. The number of anilines is 2. The molecule has 1 fully saturated rings. The SMILES string of the molecule is Cc1ccc(N(CC(=O)Nc2ccc(S(=O)(=O)N3CCCC3)cc2)S(C)(=O)=O)c(C)c1. The van der Waals surface area contributed by atoms with Crippen molar-refractivity contribution in [2.75, 3.05) is 35.5 Å². The summed E-state index contributed by atoms with van der Waals surface area (Å²) in [7, 11) is -7.22. The molecule has 1 aliphatic rings. The van der Waals surface area contributed by atoms with Crippen LogP contribution in [-0.2, 0) is 24.8 Å². The van der Waals surface area contributed by atoms with Gasteiger partial charge < -0.3 is 5.32 Å². The number of carbonyl (C=O) groups is 1. The van der Waals surface area contributed by atoms with E-state index in [1.807, 2.05) is 13.0 Å². The van der Waals surface area contributed by atoms with Gasteiger partial charge >= 0.3 is 0 Å². The highest BCUT2D eigenvalue weighted by Crippen LogP contribution is 2.24. The lowest BCUT2D eigenvalue weighted by Gasteiger charge is -2.24. The van der Waals surface area contributed by atoms with Crippen LogP contribution in [0.5, 0.6) is 0 Å².